The van der Waals surface area contributed by atoms with Crippen LogP contribution in [-0.2, 0) is 9.59 Å². The number of imide groups is 1. The van der Waals surface area contributed by atoms with Crippen molar-refractivity contribution in [3.05, 3.63) is 35.9 Å². The third kappa shape index (κ3) is 2.69. The zero-order valence-electron chi connectivity index (χ0n) is 14.7. The number of primary amides is 1. The SMILES string of the molecule is NC(=O)c1ccc(N2CCCCC2)c(N2C(=O)[C@@H]3CC=CC[C@H]3C2=O)c1. The van der Waals surface area contributed by atoms with Gasteiger partial charge >= 0.3 is 0 Å². The second kappa shape index (κ2) is 6.59. The number of rotatable bonds is 3. The van der Waals surface area contributed by atoms with Crippen LogP contribution < -0.4 is 15.5 Å². The first kappa shape index (κ1) is 16.8. The molecule has 6 nitrogen and oxygen atoms in total. The first-order chi connectivity index (χ1) is 12.6. The topological polar surface area (TPSA) is 83.7 Å². The summed E-state index contributed by atoms with van der Waals surface area (Å²) >= 11 is 0. The molecular formula is C20H23N3O3. The molecule has 0 unspecified atom stereocenters. The third-order valence-electron chi connectivity index (χ3n) is 5.71. The largest absolute Gasteiger partial charge is 0.370 e. The molecule has 2 fully saturated rings. The Morgan fingerprint density at radius 2 is 1.54 bits per heavy atom. The zero-order chi connectivity index (χ0) is 18.3. The quantitative estimate of drug-likeness (QED) is 0.667. The average Bonchev–Trinajstić information content (AvgIpc) is 2.93. The maximum atomic E-state index is 13.0. The van der Waals surface area contributed by atoms with Gasteiger partial charge in [-0.1, -0.05) is 12.2 Å². The number of nitrogens with two attached hydrogens (primary N) is 1. The van der Waals surface area contributed by atoms with Crippen molar-refractivity contribution in [2.75, 3.05) is 22.9 Å². The molecule has 2 aliphatic heterocycles. The standard InChI is InChI=1S/C20H23N3O3/c21-18(24)13-8-9-16(22-10-4-1-5-11-22)17(12-13)23-19(25)14-6-2-3-7-15(14)20(23)26/h2-3,8-9,12,14-15H,1,4-7,10-11H2,(H2,21,24)/t14-,15-/m1/s1. The van der Waals surface area contributed by atoms with Gasteiger partial charge in [0, 0.05) is 18.7 Å². The first-order valence-corrected chi connectivity index (χ1v) is 9.29. The Morgan fingerprint density at radius 3 is 2.12 bits per heavy atom. The lowest BCUT2D eigenvalue weighted by atomic mass is 9.85. The number of nitrogens with zero attached hydrogens (tertiary/aromatic N) is 2. The van der Waals surface area contributed by atoms with Crippen LogP contribution in [0.3, 0.4) is 0 Å². The van der Waals surface area contributed by atoms with Crippen molar-refractivity contribution in [3.63, 3.8) is 0 Å². The Hall–Kier alpha value is -2.63. The highest BCUT2D eigenvalue weighted by Gasteiger charge is 2.48. The van der Waals surface area contributed by atoms with Crippen LogP contribution in [0.4, 0.5) is 11.4 Å². The Kier molecular flexibility index (Phi) is 4.26. The van der Waals surface area contributed by atoms with Crippen LogP contribution in [0.1, 0.15) is 42.5 Å². The van der Waals surface area contributed by atoms with Gasteiger partial charge in [0.2, 0.25) is 17.7 Å². The number of fused-ring (bicyclic) bond motifs is 1. The molecule has 136 valence electrons. The van der Waals surface area contributed by atoms with E-state index in [2.05, 4.69) is 4.90 Å². The van der Waals surface area contributed by atoms with Crippen molar-refractivity contribution in [3.8, 4) is 0 Å². The van der Waals surface area contributed by atoms with Gasteiger partial charge in [-0.2, -0.15) is 0 Å². The Morgan fingerprint density at radius 1 is 0.923 bits per heavy atom. The number of carbonyl (C=O) groups is 3. The smallest absolute Gasteiger partial charge is 0.248 e. The number of benzene rings is 1. The fourth-order valence-corrected chi connectivity index (χ4v) is 4.30. The summed E-state index contributed by atoms with van der Waals surface area (Å²) in [6, 6.07) is 5.10. The first-order valence-electron chi connectivity index (χ1n) is 9.29. The van der Waals surface area contributed by atoms with E-state index in [1.807, 2.05) is 18.2 Å². The molecule has 2 atom stereocenters. The van der Waals surface area contributed by atoms with E-state index in [0.29, 0.717) is 24.1 Å². The highest BCUT2D eigenvalue weighted by Crippen LogP contribution is 2.41. The molecule has 2 N–H and O–H groups in total. The van der Waals surface area contributed by atoms with Crippen LogP contribution in [0, 0.1) is 11.8 Å². The molecule has 0 saturated carbocycles. The van der Waals surface area contributed by atoms with Crippen LogP contribution in [0.15, 0.2) is 30.4 Å². The lowest BCUT2D eigenvalue weighted by Crippen LogP contribution is -2.35. The molecule has 0 spiro atoms. The lowest BCUT2D eigenvalue weighted by molar-refractivity contribution is -0.122. The van der Waals surface area contributed by atoms with E-state index in [-0.39, 0.29) is 23.7 Å². The van der Waals surface area contributed by atoms with Gasteiger partial charge in [-0.15, -0.1) is 0 Å². The predicted octanol–water partition coefficient (Wildman–Crippen LogP) is 2.23. The van der Waals surface area contributed by atoms with E-state index in [9.17, 15) is 14.4 Å². The van der Waals surface area contributed by atoms with E-state index in [1.165, 1.54) is 11.3 Å². The molecular weight excluding hydrogens is 330 g/mol. The zero-order valence-corrected chi connectivity index (χ0v) is 14.7. The molecule has 3 aliphatic rings. The summed E-state index contributed by atoms with van der Waals surface area (Å²) in [4.78, 5) is 41.2. The predicted molar refractivity (Wildman–Crippen MR) is 98.9 cm³/mol. The number of hydrogen-bond donors (Lipinski definition) is 1. The molecule has 6 heteroatoms. The van der Waals surface area contributed by atoms with Gasteiger partial charge in [0.1, 0.15) is 0 Å². The fraction of sp³-hybridized carbons (Fsp3) is 0.450. The number of carbonyl (C=O) groups excluding carboxylic acids is 3. The number of anilines is 2. The Bertz CT molecular complexity index is 769. The minimum absolute atomic E-state index is 0.163. The normalized spacial score (nSPS) is 25.5. The molecule has 0 bridgehead atoms. The van der Waals surface area contributed by atoms with E-state index in [4.69, 9.17) is 5.73 Å². The Balaban J connectivity index is 1.78. The van der Waals surface area contributed by atoms with Gasteiger partial charge in [0.05, 0.1) is 23.2 Å². The molecule has 26 heavy (non-hydrogen) atoms. The maximum Gasteiger partial charge on any atom is 0.248 e. The summed E-state index contributed by atoms with van der Waals surface area (Å²) in [5.41, 5.74) is 7.10. The molecule has 2 saturated heterocycles. The van der Waals surface area contributed by atoms with E-state index < -0.39 is 5.91 Å². The highest BCUT2D eigenvalue weighted by molar-refractivity contribution is 6.23. The van der Waals surface area contributed by atoms with E-state index in [0.717, 1.165) is 31.6 Å². The molecule has 1 aromatic rings. The van der Waals surface area contributed by atoms with Crippen molar-refractivity contribution in [2.24, 2.45) is 17.6 Å². The van der Waals surface area contributed by atoms with Crippen molar-refractivity contribution in [1.82, 2.24) is 0 Å². The number of allylic oxidation sites excluding steroid dienone is 2. The average molecular weight is 353 g/mol. The van der Waals surface area contributed by atoms with Gasteiger partial charge in [0.15, 0.2) is 0 Å². The van der Waals surface area contributed by atoms with Gasteiger partial charge in [0.25, 0.3) is 0 Å². The van der Waals surface area contributed by atoms with E-state index in [1.54, 1.807) is 12.1 Å². The van der Waals surface area contributed by atoms with Crippen LogP contribution >= 0.6 is 0 Å². The van der Waals surface area contributed by atoms with Crippen LogP contribution in [0.5, 0.6) is 0 Å². The summed E-state index contributed by atoms with van der Waals surface area (Å²) in [6.45, 7) is 1.76. The molecule has 2 heterocycles. The van der Waals surface area contributed by atoms with Crippen molar-refractivity contribution < 1.29 is 14.4 Å². The second-order valence-electron chi connectivity index (χ2n) is 7.28. The summed E-state index contributed by atoms with van der Waals surface area (Å²) in [5.74, 6) is -1.47. The van der Waals surface area contributed by atoms with Crippen LogP contribution in [0.2, 0.25) is 0 Å². The van der Waals surface area contributed by atoms with Crippen LogP contribution in [-0.4, -0.2) is 30.8 Å². The molecule has 0 radical (unpaired) electrons. The highest BCUT2D eigenvalue weighted by atomic mass is 16.2. The maximum absolute atomic E-state index is 13.0. The summed E-state index contributed by atoms with van der Waals surface area (Å²) in [5, 5.41) is 0. The summed E-state index contributed by atoms with van der Waals surface area (Å²) < 4.78 is 0. The van der Waals surface area contributed by atoms with Gasteiger partial charge in [-0.05, 0) is 50.3 Å². The number of hydrogen-bond acceptors (Lipinski definition) is 4. The molecule has 1 aromatic carbocycles. The van der Waals surface area contributed by atoms with Crippen LogP contribution in [0.25, 0.3) is 0 Å². The van der Waals surface area contributed by atoms with Crippen molar-refractivity contribution >= 4 is 29.1 Å². The third-order valence-corrected chi connectivity index (χ3v) is 5.71. The monoisotopic (exact) mass is 353 g/mol. The minimum atomic E-state index is -0.561. The summed E-state index contributed by atoms with van der Waals surface area (Å²) in [6.07, 6.45) is 8.48. The van der Waals surface area contributed by atoms with Gasteiger partial charge < -0.3 is 10.6 Å². The summed E-state index contributed by atoms with van der Waals surface area (Å²) in [7, 11) is 0. The fourth-order valence-electron chi connectivity index (χ4n) is 4.30. The van der Waals surface area contributed by atoms with Gasteiger partial charge in [-0.25, -0.2) is 4.90 Å². The van der Waals surface area contributed by atoms with Gasteiger partial charge in [-0.3, -0.25) is 14.4 Å². The number of amides is 3. The minimum Gasteiger partial charge on any atom is -0.370 e. The van der Waals surface area contributed by atoms with Crippen molar-refractivity contribution in [2.45, 2.75) is 32.1 Å². The molecule has 1 aliphatic carbocycles. The molecule has 0 aromatic heterocycles. The molecule has 4 rings (SSSR count). The molecule has 3 amide bonds. The lowest BCUT2D eigenvalue weighted by Gasteiger charge is -2.32. The van der Waals surface area contributed by atoms with Crippen molar-refractivity contribution in [1.29, 1.82) is 0 Å². The number of piperidine rings is 1. The second-order valence-corrected chi connectivity index (χ2v) is 7.28. The van der Waals surface area contributed by atoms with E-state index >= 15 is 0 Å². The Labute approximate surface area is 152 Å².